The third kappa shape index (κ3) is 4.65. The number of nitrogens with one attached hydrogen (secondary N) is 1. The SMILES string of the molecule is CNC(Cc1cc(Cl)ccc1Cl)C1CCCCCCC1. The van der Waals surface area contributed by atoms with Gasteiger partial charge in [0.2, 0.25) is 0 Å². The third-order valence-corrected chi connectivity index (χ3v) is 5.14. The minimum Gasteiger partial charge on any atom is -0.316 e. The lowest BCUT2D eigenvalue weighted by Crippen LogP contribution is -2.36. The second kappa shape index (κ2) is 8.26. The van der Waals surface area contributed by atoms with Crippen molar-refractivity contribution in [3.8, 4) is 0 Å². The van der Waals surface area contributed by atoms with Crippen molar-refractivity contribution in [3.05, 3.63) is 33.8 Å². The number of halogens is 2. The first-order valence-corrected chi connectivity index (χ1v) is 8.57. The van der Waals surface area contributed by atoms with Crippen LogP contribution in [0.15, 0.2) is 18.2 Å². The molecule has 1 fully saturated rings. The van der Waals surface area contributed by atoms with Crippen LogP contribution in [0, 0.1) is 5.92 Å². The first-order valence-electron chi connectivity index (χ1n) is 7.82. The van der Waals surface area contributed by atoms with E-state index in [1.807, 2.05) is 18.2 Å². The van der Waals surface area contributed by atoms with Crippen LogP contribution in [-0.4, -0.2) is 13.1 Å². The van der Waals surface area contributed by atoms with Crippen molar-refractivity contribution in [2.45, 2.75) is 57.4 Å². The zero-order valence-corrected chi connectivity index (χ0v) is 13.8. The molecule has 1 saturated carbocycles. The highest BCUT2D eigenvalue weighted by Crippen LogP contribution is 2.29. The van der Waals surface area contributed by atoms with Crippen LogP contribution in [0.5, 0.6) is 0 Å². The molecule has 1 unspecified atom stereocenters. The Morgan fingerprint density at radius 1 is 1.10 bits per heavy atom. The van der Waals surface area contributed by atoms with E-state index in [0.717, 1.165) is 22.4 Å². The van der Waals surface area contributed by atoms with Crippen LogP contribution in [-0.2, 0) is 6.42 Å². The second-order valence-electron chi connectivity index (χ2n) is 5.94. The minimum atomic E-state index is 0.504. The average Bonchev–Trinajstić information content (AvgIpc) is 2.40. The van der Waals surface area contributed by atoms with Gasteiger partial charge in [0.05, 0.1) is 0 Å². The number of rotatable bonds is 4. The van der Waals surface area contributed by atoms with Crippen LogP contribution >= 0.6 is 23.2 Å². The monoisotopic (exact) mass is 313 g/mol. The van der Waals surface area contributed by atoms with Gasteiger partial charge in [0.1, 0.15) is 0 Å². The highest BCUT2D eigenvalue weighted by Gasteiger charge is 2.21. The molecule has 0 heterocycles. The van der Waals surface area contributed by atoms with Gasteiger partial charge in [-0.2, -0.15) is 0 Å². The van der Waals surface area contributed by atoms with Crippen molar-refractivity contribution >= 4 is 23.2 Å². The standard InChI is InChI=1S/C17H25Cl2N/c1-20-17(13-7-5-3-2-4-6-8-13)12-14-11-15(18)9-10-16(14)19/h9-11,13,17,20H,2-8,12H2,1H3. The summed E-state index contributed by atoms with van der Waals surface area (Å²) in [6.45, 7) is 0. The molecule has 1 N–H and O–H groups in total. The Balaban J connectivity index is 2.04. The molecule has 0 aliphatic heterocycles. The Hall–Kier alpha value is -0.240. The summed E-state index contributed by atoms with van der Waals surface area (Å²) in [6, 6.07) is 6.28. The summed E-state index contributed by atoms with van der Waals surface area (Å²) in [7, 11) is 2.07. The van der Waals surface area contributed by atoms with Gasteiger partial charge < -0.3 is 5.32 Å². The lowest BCUT2D eigenvalue weighted by molar-refractivity contribution is 0.294. The molecule has 20 heavy (non-hydrogen) atoms. The summed E-state index contributed by atoms with van der Waals surface area (Å²) in [4.78, 5) is 0. The van der Waals surface area contributed by atoms with Crippen LogP contribution in [0.3, 0.4) is 0 Å². The number of hydrogen-bond donors (Lipinski definition) is 1. The Morgan fingerprint density at radius 2 is 1.75 bits per heavy atom. The van der Waals surface area contributed by atoms with Crippen molar-refractivity contribution in [3.63, 3.8) is 0 Å². The molecule has 3 heteroatoms. The quantitative estimate of drug-likeness (QED) is 0.775. The molecule has 1 nitrogen and oxygen atoms in total. The molecule has 0 aromatic heterocycles. The van der Waals surface area contributed by atoms with Crippen LogP contribution in [0.2, 0.25) is 10.0 Å². The van der Waals surface area contributed by atoms with E-state index < -0.39 is 0 Å². The maximum absolute atomic E-state index is 6.31. The van der Waals surface area contributed by atoms with E-state index >= 15 is 0 Å². The van der Waals surface area contributed by atoms with Crippen molar-refractivity contribution < 1.29 is 0 Å². The molecular formula is C17H25Cl2N. The molecule has 2 rings (SSSR count). The lowest BCUT2D eigenvalue weighted by atomic mass is 9.83. The average molecular weight is 314 g/mol. The van der Waals surface area contributed by atoms with Gasteiger partial charge in [-0.3, -0.25) is 0 Å². The van der Waals surface area contributed by atoms with Gasteiger partial charge in [0.25, 0.3) is 0 Å². The molecule has 1 aliphatic carbocycles. The predicted octanol–water partition coefficient (Wildman–Crippen LogP) is 5.48. The van der Waals surface area contributed by atoms with E-state index in [1.54, 1.807) is 0 Å². The largest absolute Gasteiger partial charge is 0.316 e. The highest BCUT2D eigenvalue weighted by molar-refractivity contribution is 6.33. The molecule has 1 aliphatic rings. The van der Waals surface area contributed by atoms with Crippen molar-refractivity contribution in [2.24, 2.45) is 5.92 Å². The van der Waals surface area contributed by atoms with Crippen molar-refractivity contribution in [1.29, 1.82) is 0 Å². The maximum Gasteiger partial charge on any atom is 0.0439 e. The topological polar surface area (TPSA) is 12.0 Å². The summed E-state index contributed by atoms with van der Waals surface area (Å²) in [5.41, 5.74) is 1.17. The summed E-state index contributed by atoms with van der Waals surface area (Å²) < 4.78 is 0. The van der Waals surface area contributed by atoms with Gasteiger partial charge in [0, 0.05) is 16.1 Å². The Kier molecular flexibility index (Phi) is 6.67. The highest BCUT2D eigenvalue weighted by atomic mass is 35.5. The summed E-state index contributed by atoms with van der Waals surface area (Å²) in [5, 5.41) is 5.12. The maximum atomic E-state index is 6.31. The fraction of sp³-hybridized carbons (Fsp3) is 0.647. The normalized spacial score (nSPS) is 19.4. The lowest BCUT2D eigenvalue weighted by Gasteiger charge is -2.29. The molecule has 1 atom stereocenters. The van der Waals surface area contributed by atoms with Gasteiger partial charge in [0.15, 0.2) is 0 Å². The van der Waals surface area contributed by atoms with Crippen LogP contribution < -0.4 is 5.32 Å². The van der Waals surface area contributed by atoms with Gasteiger partial charge in [-0.25, -0.2) is 0 Å². The third-order valence-electron chi connectivity index (χ3n) is 4.54. The van der Waals surface area contributed by atoms with E-state index in [2.05, 4.69) is 12.4 Å². The molecule has 0 saturated heterocycles. The Bertz CT molecular complexity index is 411. The number of benzene rings is 1. The van der Waals surface area contributed by atoms with Crippen molar-refractivity contribution in [2.75, 3.05) is 7.05 Å². The van der Waals surface area contributed by atoms with Crippen LogP contribution in [0.1, 0.15) is 50.5 Å². The summed E-state index contributed by atoms with van der Waals surface area (Å²) >= 11 is 12.4. The Morgan fingerprint density at radius 3 is 2.40 bits per heavy atom. The first-order chi connectivity index (χ1) is 9.70. The number of hydrogen-bond acceptors (Lipinski definition) is 1. The zero-order valence-electron chi connectivity index (χ0n) is 12.3. The molecule has 1 aromatic rings. The molecule has 0 spiro atoms. The molecule has 112 valence electrons. The van der Waals surface area contributed by atoms with E-state index in [9.17, 15) is 0 Å². The predicted molar refractivity (Wildman–Crippen MR) is 88.8 cm³/mol. The van der Waals surface area contributed by atoms with E-state index in [-0.39, 0.29) is 0 Å². The van der Waals surface area contributed by atoms with E-state index in [0.29, 0.717) is 6.04 Å². The molecular weight excluding hydrogens is 289 g/mol. The summed E-state index contributed by atoms with van der Waals surface area (Å²) in [6.07, 6.45) is 10.6. The molecule has 0 amide bonds. The van der Waals surface area contributed by atoms with Gasteiger partial charge in [-0.15, -0.1) is 0 Å². The molecule has 1 aromatic carbocycles. The fourth-order valence-electron chi connectivity index (χ4n) is 3.33. The zero-order chi connectivity index (χ0) is 14.4. The fourth-order valence-corrected chi connectivity index (χ4v) is 3.72. The molecule has 0 bridgehead atoms. The Labute approximate surface area is 133 Å². The van der Waals surface area contributed by atoms with Gasteiger partial charge in [-0.05, 0) is 56.0 Å². The first kappa shape index (κ1) is 16.1. The van der Waals surface area contributed by atoms with E-state index in [1.165, 1.54) is 50.5 Å². The van der Waals surface area contributed by atoms with Gasteiger partial charge in [-0.1, -0.05) is 55.3 Å². The minimum absolute atomic E-state index is 0.504. The van der Waals surface area contributed by atoms with Crippen molar-refractivity contribution in [1.82, 2.24) is 5.32 Å². The smallest absolute Gasteiger partial charge is 0.0439 e. The van der Waals surface area contributed by atoms with Crippen LogP contribution in [0.25, 0.3) is 0 Å². The molecule has 0 radical (unpaired) electrons. The number of likely N-dealkylation sites (N-methyl/N-ethyl adjacent to an activating group) is 1. The summed E-state index contributed by atoms with van der Waals surface area (Å²) in [5.74, 6) is 0.760. The van der Waals surface area contributed by atoms with Gasteiger partial charge >= 0.3 is 0 Å². The van der Waals surface area contributed by atoms with E-state index in [4.69, 9.17) is 23.2 Å². The van der Waals surface area contributed by atoms with Crippen LogP contribution in [0.4, 0.5) is 0 Å². The second-order valence-corrected chi connectivity index (χ2v) is 6.78.